The van der Waals surface area contributed by atoms with Crippen molar-refractivity contribution in [3.63, 3.8) is 0 Å². The Hall–Kier alpha value is -2.10. The first kappa shape index (κ1) is 13.9. The lowest BCUT2D eigenvalue weighted by Gasteiger charge is -2.48. The number of ketones is 1. The summed E-state index contributed by atoms with van der Waals surface area (Å²) < 4.78 is 0. The van der Waals surface area contributed by atoms with Crippen LogP contribution >= 0.6 is 0 Å². The van der Waals surface area contributed by atoms with Crippen molar-refractivity contribution in [2.24, 2.45) is 5.41 Å². The molecule has 2 atom stereocenters. The Morgan fingerprint density at radius 2 is 1.86 bits per heavy atom. The summed E-state index contributed by atoms with van der Waals surface area (Å²) in [4.78, 5) is 24.2. The van der Waals surface area contributed by atoms with E-state index in [0.29, 0.717) is 17.6 Å². The molecule has 21 heavy (non-hydrogen) atoms. The minimum atomic E-state index is -1.19. The molecule has 2 N–H and O–H groups in total. The Labute approximate surface area is 123 Å². The van der Waals surface area contributed by atoms with Crippen molar-refractivity contribution in [2.75, 3.05) is 0 Å². The van der Waals surface area contributed by atoms with E-state index in [-0.39, 0.29) is 5.76 Å². The zero-order chi connectivity index (χ0) is 15.4. The van der Waals surface area contributed by atoms with Gasteiger partial charge in [0.05, 0.1) is 5.41 Å². The maximum absolute atomic E-state index is 12.4. The molecule has 0 spiro atoms. The number of carboxylic acid groups (broad SMARTS) is 1. The third kappa shape index (κ3) is 1.62. The van der Waals surface area contributed by atoms with Crippen LogP contribution in [-0.4, -0.2) is 22.0 Å². The minimum absolute atomic E-state index is 0.373. The molecule has 0 radical (unpaired) electrons. The van der Waals surface area contributed by atoms with E-state index in [1.165, 1.54) is 0 Å². The van der Waals surface area contributed by atoms with Crippen molar-refractivity contribution >= 4 is 11.8 Å². The average molecular weight is 286 g/mol. The van der Waals surface area contributed by atoms with Gasteiger partial charge < -0.3 is 10.2 Å². The molecule has 110 valence electrons. The molecule has 1 fully saturated rings. The first-order chi connectivity index (χ1) is 9.82. The van der Waals surface area contributed by atoms with E-state index in [2.05, 4.69) is 0 Å². The molecular formula is C17H18O4. The highest BCUT2D eigenvalue weighted by Crippen LogP contribution is 2.56. The summed E-state index contributed by atoms with van der Waals surface area (Å²) in [6, 6.07) is 7.18. The number of aliphatic hydroxyl groups is 1. The maximum Gasteiger partial charge on any atom is 0.313 e. The van der Waals surface area contributed by atoms with Crippen molar-refractivity contribution in [3.05, 3.63) is 46.7 Å². The van der Waals surface area contributed by atoms with Gasteiger partial charge in [0.2, 0.25) is 5.78 Å². The molecule has 0 aromatic heterocycles. The third-order valence-electron chi connectivity index (χ3n) is 5.15. The Kier molecular flexibility index (Phi) is 2.77. The molecular weight excluding hydrogens is 268 g/mol. The molecule has 4 nitrogen and oxygen atoms in total. The Balaban J connectivity index is 2.34. The summed E-state index contributed by atoms with van der Waals surface area (Å²) in [5.41, 5.74) is -0.108. The minimum Gasteiger partial charge on any atom is -0.504 e. The molecule has 0 unspecified atom stereocenters. The lowest BCUT2D eigenvalue weighted by atomic mass is 9.54. The Bertz CT molecular complexity index is 688. The quantitative estimate of drug-likeness (QED) is 0.831. The molecule has 4 heteroatoms. The van der Waals surface area contributed by atoms with Crippen LogP contribution in [0.4, 0.5) is 0 Å². The second-order valence-electron chi connectivity index (χ2n) is 6.42. The van der Waals surface area contributed by atoms with Crippen LogP contribution in [0.5, 0.6) is 0 Å². The molecule has 3 rings (SSSR count). The predicted octanol–water partition coefficient (Wildman–Crippen LogP) is 3.23. The van der Waals surface area contributed by atoms with Gasteiger partial charge in [0, 0.05) is 16.6 Å². The van der Waals surface area contributed by atoms with Crippen LogP contribution in [-0.2, 0) is 10.2 Å². The van der Waals surface area contributed by atoms with Crippen molar-refractivity contribution in [1.82, 2.24) is 0 Å². The van der Waals surface area contributed by atoms with Crippen LogP contribution in [0.15, 0.2) is 35.6 Å². The van der Waals surface area contributed by atoms with Gasteiger partial charge in [0.1, 0.15) is 0 Å². The molecule has 1 aromatic carbocycles. The van der Waals surface area contributed by atoms with Gasteiger partial charge in [0.25, 0.3) is 0 Å². The van der Waals surface area contributed by atoms with Gasteiger partial charge in [0.15, 0.2) is 5.76 Å². The van der Waals surface area contributed by atoms with Crippen LogP contribution in [0, 0.1) is 5.41 Å². The number of carboxylic acids is 1. The number of aliphatic hydroxyl groups excluding tert-OH is 1. The van der Waals surface area contributed by atoms with E-state index in [1.54, 1.807) is 19.1 Å². The van der Waals surface area contributed by atoms with Crippen molar-refractivity contribution in [3.8, 4) is 0 Å². The molecule has 0 heterocycles. The van der Waals surface area contributed by atoms with Crippen LogP contribution in [0.2, 0.25) is 0 Å². The molecule has 0 amide bonds. The second-order valence-corrected chi connectivity index (χ2v) is 6.42. The summed E-state index contributed by atoms with van der Waals surface area (Å²) in [7, 11) is 0. The number of allylic oxidation sites excluding steroid dienone is 1. The van der Waals surface area contributed by atoms with Gasteiger partial charge in [-0.2, -0.15) is 0 Å². The summed E-state index contributed by atoms with van der Waals surface area (Å²) >= 11 is 0. The highest BCUT2D eigenvalue weighted by atomic mass is 16.4. The summed E-state index contributed by atoms with van der Waals surface area (Å²) in [5, 5.41) is 20.1. The zero-order valence-electron chi connectivity index (χ0n) is 12.1. The first-order valence-corrected chi connectivity index (χ1v) is 7.14. The van der Waals surface area contributed by atoms with Gasteiger partial charge in [-0.25, -0.2) is 0 Å². The van der Waals surface area contributed by atoms with Gasteiger partial charge in [-0.05, 0) is 25.3 Å². The van der Waals surface area contributed by atoms with E-state index in [9.17, 15) is 19.8 Å². The number of carbonyl (C=O) groups excluding carboxylic acids is 1. The van der Waals surface area contributed by atoms with Crippen LogP contribution in [0.3, 0.4) is 0 Å². The fraction of sp³-hybridized carbons (Fsp3) is 0.412. The molecule has 1 saturated carbocycles. The zero-order valence-corrected chi connectivity index (χ0v) is 12.1. The number of rotatable bonds is 1. The standard InChI is InChI=1S/C17H18O4/c1-16-8-5-9-17(2,15(20)21)14(16)13(19)12(18)10-6-3-4-7-11(10)16/h3-4,6-7,19H,5,8-9H2,1-2H3,(H,20,21)/t16-,17+/m1/s1. The predicted molar refractivity (Wildman–Crippen MR) is 77.4 cm³/mol. The van der Waals surface area contributed by atoms with E-state index < -0.39 is 22.6 Å². The average Bonchev–Trinajstić information content (AvgIpc) is 2.45. The monoisotopic (exact) mass is 286 g/mol. The lowest BCUT2D eigenvalue weighted by molar-refractivity contribution is -0.147. The number of aliphatic carboxylic acids is 1. The molecule has 2 aliphatic carbocycles. The summed E-state index contributed by atoms with van der Waals surface area (Å²) in [5.74, 6) is -1.82. The number of hydrogen-bond acceptors (Lipinski definition) is 3. The highest BCUT2D eigenvalue weighted by molar-refractivity contribution is 6.11. The van der Waals surface area contributed by atoms with Crippen LogP contribution in [0.25, 0.3) is 0 Å². The smallest absolute Gasteiger partial charge is 0.313 e. The SMILES string of the molecule is C[C@]1(C(=O)O)CCC[C@@]2(C)C1=C(O)C(=O)c1ccccc12. The number of hydrogen-bond donors (Lipinski definition) is 2. The van der Waals surface area contributed by atoms with E-state index in [1.807, 2.05) is 19.1 Å². The van der Waals surface area contributed by atoms with Gasteiger partial charge in [-0.3, -0.25) is 9.59 Å². The van der Waals surface area contributed by atoms with Crippen molar-refractivity contribution < 1.29 is 19.8 Å². The van der Waals surface area contributed by atoms with Gasteiger partial charge >= 0.3 is 5.97 Å². The number of benzene rings is 1. The summed E-state index contributed by atoms with van der Waals surface area (Å²) in [6.07, 6.45) is 1.92. The molecule has 0 bridgehead atoms. The van der Waals surface area contributed by atoms with E-state index >= 15 is 0 Å². The molecule has 0 saturated heterocycles. The van der Waals surface area contributed by atoms with Gasteiger partial charge in [-0.15, -0.1) is 0 Å². The fourth-order valence-corrected chi connectivity index (χ4v) is 4.06. The van der Waals surface area contributed by atoms with Crippen molar-refractivity contribution in [2.45, 2.75) is 38.5 Å². The normalized spacial score (nSPS) is 31.6. The van der Waals surface area contributed by atoms with E-state index in [0.717, 1.165) is 18.4 Å². The second kappa shape index (κ2) is 4.20. The third-order valence-corrected chi connectivity index (χ3v) is 5.15. The lowest BCUT2D eigenvalue weighted by Crippen LogP contribution is -2.47. The highest BCUT2D eigenvalue weighted by Gasteiger charge is 2.55. The van der Waals surface area contributed by atoms with Crippen LogP contribution < -0.4 is 0 Å². The number of carbonyl (C=O) groups is 2. The van der Waals surface area contributed by atoms with Crippen LogP contribution in [0.1, 0.15) is 49.0 Å². The number of fused-ring (bicyclic) bond motifs is 3. The Morgan fingerprint density at radius 3 is 2.52 bits per heavy atom. The van der Waals surface area contributed by atoms with E-state index in [4.69, 9.17) is 0 Å². The molecule has 1 aromatic rings. The van der Waals surface area contributed by atoms with Crippen molar-refractivity contribution in [1.29, 1.82) is 0 Å². The largest absolute Gasteiger partial charge is 0.504 e. The first-order valence-electron chi connectivity index (χ1n) is 7.14. The Morgan fingerprint density at radius 1 is 1.19 bits per heavy atom. The molecule has 0 aliphatic heterocycles. The van der Waals surface area contributed by atoms with Gasteiger partial charge in [-0.1, -0.05) is 37.6 Å². The topological polar surface area (TPSA) is 74.6 Å². The summed E-state index contributed by atoms with van der Waals surface area (Å²) in [6.45, 7) is 3.55. The molecule has 2 aliphatic rings. The number of Topliss-reactive ketones (excluding diaryl/α,β-unsaturated/α-hetero) is 1. The maximum atomic E-state index is 12.4. The fourth-order valence-electron chi connectivity index (χ4n) is 4.06.